The summed E-state index contributed by atoms with van der Waals surface area (Å²) in [6.07, 6.45) is 0.575. The molecule has 1 aliphatic carbocycles. The van der Waals surface area contributed by atoms with Crippen LogP contribution >= 0.6 is 11.9 Å². The zero-order chi connectivity index (χ0) is 27.1. The third kappa shape index (κ3) is 11.9. The van der Waals surface area contributed by atoms with Crippen LogP contribution in [0.1, 0.15) is 48.0 Å². The van der Waals surface area contributed by atoms with Gasteiger partial charge in [-0.05, 0) is 74.2 Å². The minimum absolute atomic E-state index is 0.0461. The van der Waals surface area contributed by atoms with Gasteiger partial charge in [-0.15, -0.1) is 0 Å². The lowest BCUT2D eigenvalue weighted by atomic mass is 9.98. The Hall–Kier alpha value is -2.83. The molecule has 35 heavy (non-hydrogen) atoms. The van der Waals surface area contributed by atoms with Crippen LogP contribution in [-0.2, 0) is 0 Å². The van der Waals surface area contributed by atoms with Gasteiger partial charge in [-0.3, -0.25) is 0 Å². The molecular formula is C26H36F3N3O2S. The summed E-state index contributed by atoms with van der Waals surface area (Å²) in [6.45, 7) is 11.4. The van der Waals surface area contributed by atoms with Crippen molar-refractivity contribution in [3.63, 3.8) is 0 Å². The smallest absolute Gasteiger partial charge is 0.416 e. The number of benzene rings is 1. The molecule has 0 spiro atoms. The molecule has 1 aromatic carbocycles. The van der Waals surface area contributed by atoms with Gasteiger partial charge in [-0.25, -0.2) is 0 Å². The van der Waals surface area contributed by atoms with Crippen LogP contribution in [0.5, 0.6) is 5.75 Å². The topological polar surface area (TPSA) is 77.3 Å². The number of nitrogens with one attached hydrogen (secondary N) is 2. The van der Waals surface area contributed by atoms with Crippen LogP contribution in [0.3, 0.4) is 0 Å². The summed E-state index contributed by atoms with van der Waals surface area (Å²) in [5.41, 5.74) is -1.45. The van der Waals surface area contributed by atoms with Crippen LogP contribution in [0.25, 0.3) is 0 Å². The van der Waals surface area contributed by atoms with Gasteiger partial charge in [-0.2, -0.15) is 18.4 Å². The van der Waals surface area contributed by atoms with Crippen molar-refractivity contribution in [3.8, 4) is 11.8 Å². The summed E-state index contributed by atoms with van der Waals surface area (Å²) in [6, 6.07) is 8.91. The third-order valence-corrected chi connectivity index (χ3v) is 4.87. The second-order valence-electron chi connectivity index (χ2n) is 7.32. The number of aliphatic hydroxyl groups is 1. The number of nitriles is 1. The first kappa shape index (κ1) is 32.2. The third-order valence-electron chi connectivity index (χ3n) is 4.02. The van der Waals surface area contributed by atoms with E-state index < -0.39 is 17.4 Å². The van der Waals surface area contributed by atoms with Crippen molar-refractivity contribution in [2.45, 2.75) is 64.6 Å². The van der Waals surface area contributed by atoms with Crippen LogP contribution < -0.4 is 14.8 Å². The summed E-state index contributed by atoms with van der Waals surface area (Å²) in [4.78, 5) is 0.825. The standard InChI is InChI=1S/C22H24F3N3O2S.2C2H6/c1-21(2,29)14-30-17-6-8-18(9-7-17)31-28-16-4-10-19(15(12-26)13-27-3)20(11-5-16)22(23,24)25;2*1-2/h4-9,11,13,27-29H,10,14H2,1-3H3;2*1-2H3/b15-13-;;. The number of hydrogen-bond donors (Lipinski definition) is 3. The van der Waals surface area contributed by atoms with E-state index in [0.717, 1.165) is 11.0 Å². The highest BCUT2D eigenvalue weighted by atomic mass is 32.2. The van der Waals surface area contributed by atoms with Gasteiger partial charge in [0.2, 0.25) is 0 Å². The number of rotatable bonds is 8. The molecule has 3 N–H and O–H groups in total. The van der Waals surface area contributed by atoms with E-state index in [1.54, 1.807) is 44.2 Å². The second kappa shape index (κ2) is 16.0. The van der Waals surface area contributed by atoms with E-state index in [4.69, 9.17) is 4.74 Å². The molecule has 2 rings (SSSR count). The Morgan fingerprint density at radius 2 is 1.74 bits per heavy atom. The molecule has 0 aliphatic heterocycles. The molecule has 9 heteroatoms. The molecule has 0 amide bonds. The number of nitrogens with zero attached hydrogens (tertiary/aromatic N) is 1. The van der Waals surface area contributed by atoms with Crippen molar-refractivity contribution in [2.24, 2.45) is 0 Å². The SMILES string of the molecule is CC.CC.CN/C=C(/C#N)C1=C(C(F)(F)F)C=CC(NSc2ccc(OCC(C)(C)O)cc2)=CC1. The van der Waals surface area contributed by atoms with Gasteiger partial charge in [0.15, 0.2) is 0 Å². The minimum atomic E-state index is -4.58. The summed E-state index contributed by atoms with van der Waals surface area (Å²) in [5, 5.41) is 21.6. The van der Waals surface area contributed by atoms with E-state index in [2.05, 4.69) is 10.0 Å². The van der Waals surface area contributed by atoms with Crippen LogP contribution in [0.15, 0.2) is 76.0 Å². The van der Waals surface area contributed by atoms with Gasteiger partial charge in [0, 0.05) is 23.8 Å². The highest BCUT2D eigenvalue weighted by Crippen LogP contribution is 2.35. The number of allylic oxidation sites excluding steroid dienone is 6. The van der Waals surface area contributed by atoms with Gasteiger partial charge in [0.05, 0.1) is 16.7 Å². The molecule has 1 aliphatic rings. The normalized spacial score (nSPS) is 13.8. The lowest BCUT2D eigenvalue weighted by molar-refractivity contribution is -0.0889. The Morgan fingerprint density at radius 3 is 2.23 bits per heavy atom. The molecule has 0 bridgehead atoms. The fraction of sp³-hybridized carbons (Fsp3) is 0.423. The first-order valence-electron chi connectivity index (χ1n) is 11.4. The van der Waals surface area contributed by atoms with Gasteiger partial charge >= 0.3 is 6.18 Å². The first-order valence-corrected chi connectivity index (χ1v) is 12.2. The number of hydrogen-bond acceptors (Lipinski definition) is 6. The van der Waals surface area contributed by atoms with Crippen molar-refractivity contribution in [1.82, 2.24) is 10.0 Å². The molecule has 0 atom stereocenters. The lowest BCUT2D eigenvalue weighted by Gasteiger charge is -2.17. The van der Waals surface area contributed by atoms with Crippen molar-refractivity contribution < 1.29 is 23.0 Å². The molecule has 0 saturated heterocycles. The Morgan fingerprint density at radius 1 is 1.14 bits per heavy atom. The Labute approximate surface area is 211 Å². The Bertz CT molecular complexity index is 937. The van der Waals surface area contributed by atoms with Gasteiger partial charge < -0.3 is 19.9 Å². The van der Waals surface area contributed by atoms with E-state index >= 15 is 0 Å². The fourth-order valence-corrected chi connectivity index (χ4v) is 3.23. The molecule has 5 nitrogen and oxygen atoms in total. The van der Waals surface area contributed by atoms with E-state index in [0.29, 0.717) is 11.4 Å². The summed E-state index contributed by atoms with van der Waals surface area (Å²) in [5.74, 6) is 0.601. The predicted molar refractivity (Wildman–Crippen MR) is 138 cm³/mol. The predicted octanol–water partition coefficient (Wildman–Crippen LogP) is 6.81. The second-order valence-corrected chi connectivity index (χ2v) is 8.20. The molecule has 0 aromatic heterocycles. The van der Waals surface area contributed by atoms with Gasteiger partial charge in [0.25, 0.3) is 0 Å². The average molecular weight is 512 g/mol. The zero-order valence-electron chi connectivity index (χ0n) is 21.4. The van der Waals surface area contributed by atoms with E-state index in [1.807, 2.05) is 33.8 Å². The van der Waals surface area contributed by atoms with Crippen molar-refractivity contribution in [2.75, 3.05) is 13.7 Å². The summed E-state index contributed by atoms with van der Waals surface area (Å²) in [7, 11) is 1.53. The van der Waals surface area contributed by atoms with Crippen LogP contribution in [0.4, 0.5) is 13.2 Å². The molecule has 0 heterocycles. The maximum Gasteiger partial charge on any atom is 0.416 e. The fourth-order valence-electron chi connectivity index (χ4n) is 2.57. The van der Waals surface area contributed by atoms with Crippen molar-refractivity contribution in [1.29, 1.82) is 5.26 Å². The maximum absolute atomic E-state index is 13.5. The molecule has 194 valence electrons. The van der Waals surface area contributed by atoms with E-state index in [1.165, 1.54) is 31.3 Å². The van der Waals surface area contributed by atoms with Gasteiger partial charge in [0.1, 0.15) is 18.4 Å². The minimum Gasteiger partial charge on any atom is -0.491 e. The van der Waals surface area contributed by atoms with Crippen LogP contribution in [0.2, 0.25) is 0 Å². The number of halogens is 3. The number of alkyl halides is 3. The molecule has 0 radical (unpaired) electrons. The quantitative estimate of drug-likeness (QED) is 0.263. The van der Waals surface area contributed by atoms with E-state index in [9.17, 15) is 23.5 Å². The van der Waals surface area contributed by atoms with Gasteiger partial charge in [-0.1, -0.05) is 33.8 Å². The number of ether oxygens (including phenoxy) is 1. The summed E-state index contributed by atoms with van der Waals surface area (Å²) < 4.78 is 49.1. The van der Waals surface area contributed by atoms with Crippen molar-refractivity contribution >= 4 is 11.9 Å². The highest BCUT2D eigenvalue weighted by molar-refractivity contribution is 7.97. The average Bonchev–Trinajstić information content (AvgIpc) is 3.05. The largest absolute Gasteiger partial charge is 0.491 e. The monoisotopic (exact) mass is 511 g/mol. The van der Waals surface area contributed by atoms with Crippen molar-refractivity contribution in [3.05, 3.63) is 71.1 Å². The lowest BCUT2D eigenvalue weighted by Crippen LogP contribution is -2.27. The molecule has 0 saturated carbocycles. The van der Waals surface area contributed by atoms with E-state index in [-0.39, 0.29) is 24.2 Å². The first-order chi connectivity index (χ1) is 16.5. The summed E-state index contributed by atoms with van der Waals surface area (Å²) >= 11 is 1.24. The highest BCUT2D eigenvalue weighted by Gasteiger charge is 2.35. The molecule has 0 fully saturated rings. The molecule has 1 aromatic rings. The maximum atomic E-state index is 13.5. The Kier molecular flexibility index (Phi) is 14.7. The molecule has 0 unspecified atom stereocenters. The van der Waals surface area contributed by atoms with Crippen LogP contribution in [0, 0.1) is 11.3 Å². The Balaban J connectivity index is 0.00000274. The molecular weight excluding hydrogens is 475 g/mol. The van der Waals surface area contributed by atoms with Crippen LogP contribution in [-0.4, -0.2) is 30.5 Å². The zero-order valence-corrected chi connectivity index (χ0v) is 22.2.